The van der Waals surface area contributed by atoms with Crippen molar-refractivity contribution in [1.29, 1.82) is 0 Å². The molecule has 3 nitrogen and oxygen atoms in total. The molecule has 0 aliphatic heterocycles. The molecule has 1 aromatic heterocycles. The molecule has 0 atom stereocenters. The van der Waals surface area contributed by atoms with Crippen molar-refractivity contribution >= 4 is 16.7 Å². The summed E-state index contributed by atoms with van der Waals surface area (Å²) in [5.41, 5.74) is 10.1. The van der Waals surface area contributed by atoms with E-state index < -0.39 is 0 Å². The summed E-state index contributed by atoms with van der Waals surface area (Å²) < 4.78 is 0. The molecule has 80 valence electrons. The number of hydrogen-bond acceptors (Lipinski definition) is 2. The topological polar surface area (TPSA) is 54.7 Å². The largest absolute Gasteiger partial charge is 0.399 e. The minimum Gasteiger partial charge on any atom is -0.399 e. The van der Waals surface area contributed by atoms with Crippen LogP contribution in [0.1, 0.15) is 31.7 Å². The first-order chi connectivity index (χ1) is 7.24. The zero-order chi connectivity index (χ0) is 10.8. The summed E-state index contributed by atoms with van der Waals surface area (Å²) in [5, 5.41) is 0. The van der Waals surface area contributed by atoms with Crippen LogP contribution in [0.25, 0.3) is 11.0 Å². The lowest BCUT2D eigenvalue weighted by Crippen LogP contribution is -1.91. The molecule has 0 fully saturated rings. The fraction of sp³-hybridized carbons (Fsp3) is 0.417. The van der Waals surface area contributed by atoms with Gasteiger partial charge in [0.1, 0.15) is 5.82 Å². The Morgan fingerprint density at radius 1 is 1.33 bits per heavy atom. The van der Waals surface area contributed by atoms with E-state index in [2.05, 4.69) is 23.8 Å². The van der Waals surface area contributed by atoms with Gasteiger partial charge in [0.2, 0.25) is 0 Å². The third-order valence-corrected chi connectivity index (χ3v) is 2.59. The minimum absolute atomic E-state index is 0.817. The maximum Gasteiger partial charge on any atom is 0.106 e. The number of nitrogen functional groups attached to an aromatic ring is 1. The fourth-order valence-corrected chi connectivity index (χ4v) is 1.89. The second kappa shape index (κ2) is 3.93. The molecule has 1 heterocycles. The Morgan fingerprint density at radius 2 is 2.13 bits per heavy atom. The molecule has 2 aromatic rings. The van der Waals surface area contributed by atoms with Crippen molar-refractivity contribution in [2.75, 3.05) is 5.73 Å². The average molecular weight is 203 g/mol. The number of imidazole rings is 1. The van der Waals surface area contributed by atoms with Gasteiger partial charge in [0, 0.05) is 12.1 Å². The lowest BCUT2D eigenvalue weighted by molar-refractivity contribution is 0.925. The van der Waals surface area contributed by atoms with Crippen LogP contribution < -0.4 is 5.73 Å². The van der Waals surface area contributed by atoms with Gasteiger partial charge < -0.3 is 10.7 Å². The lowest BCUT2D eigenvalue weighted by Gasteiger charge is -2.01. The van der Waals surface area contributed by atoms with E-state index in [4.69, 9.17) is 5.73 Å². The van der Waals surface area contributed by atoms with Gasteiger partial charge in [0.15, 0.2) is 0 Å². The number of aromatic nitrogens is 2. The number of rotatable bonds is 3. The highest BCUT2D eigenvalue weighted by Gasteiger charge is 2.07. The number of nitrogens with one attached hydrogen (secondary N) is 1. The highest BCUT2D eigenvalue weighted by molar-refractivity contribution is 5.82. The zero-order valence-corrected chi connectivity index (χ0v) is 9.30. The molecule has 0 radical (unpaired) electrons. The molecule has 15 heavy (non-hydrogen) atoms. The summed E-state index contributed by atoms with van der Waals surface area (Å²) in [6.45, 7) is 4.27. The van der Waals surface area contributed by atoms with E-state index in [1.165, 1.54) is 5.56 Å². The van der Waals surface area contributed by atoms with E-state index in [0.29, 0.717) is 0 Å². The maximum absolute atomic E-state index is 5.86. The molecule has 0 bridgehead atoms. The van der Waals surface area contributed by atoms with Crippen LogP contribution in [0.5, 0.6) is 0 Å². The Balaban J connectivity index is 2.61. The first-order valence-electron chi connectivity index (χ1n) is 5.51. The summed E-state index contributed by atoms with van der Waals surface area (Å²) in [6, 6.07) is 3.99. The van der Waals surface area contributed by atoms with Crippen LogP contribution in [-0.4, -0.2) is 9.97 Å². The van der Waals surface area contributed by atoms with Gasteiger partial charge in [-0.2, -0.15) is 0 Å². The number of hydrogen-bond donors (Lipinski definition) is 2. The molecule has 3 heteroatoms. The fourth-order valence-electron chi connectivity index (χ4n) is 1.89. The number of benzene rings is 1. The van der Waals surface area contributed by atoms with Gasteiger partial charge in [-0.25, -0.2) is 4.98 Å². The van der Waals surface area contributed by atoms with Crippen molar-refractivity contribution in [2.45, 2.75) is 33.1 Å². The van der Waals surface area contributed by atoms with Crippen molar-refractivity contribution in [3.63, 3.8) is 0 Å². The first kappa shape index (κ1) is 10.0. The van der Waals surface area contributed by atoms with Crippen molar-refractivity contribution in [1.82, 2.24) is 9.97 Å². The molecule has 1 aromatic carbocycles. The Labute approximate surface area is 89.7 Å². The Bertz CT molecular complexity index is 471. The van der Waals surface area contributed by atoms with Gasteiger partial charge in [0.05, 0.1) is 11.0 Å². The van der Waals surface area contributed by atoms with Crippen molar-refractivity contribution in [3.8, 4) is 0 Å². The number of aromatic amines is 1. The third-order valence-electron chi connectivity index (χ3n) is 2.59. The number of nitrogens with two attached hydrogens (primary N) is 1. The summed E-state index contributed by atoms with van der Waals surface area (Å²) >= 11 is 0. The van der Waals surface area contributed by atoms with Crippen molar-refractivity contribution in [3.05, 3.63) is 23.5 Å². The monoisotopic (exact) mass is 203 g/mol. The zero-order valence-electron chi connectivity index (χ0n) is 9.30. The smallest absolute Gasteiger partial charge is 0.106 e. The number of fused-ring (bicyclic) bond motifs is 1. The maximum atomic E-state index is 5.86. The third kappa shape index (κ3) is 1.82. The lowest BCUT2D eigenvalue weighted by atomic mass is 10.1. The highest BCUT2D eigenvalue weighted by Crippen LogP contribution is 2.22. The molecule has 0 aliphatic rings. The minimum atomic E-state index is 0.817. The molecule has 0 spiro atoms. The Kier molecular flexibility index (Phi) is 2.62. The van der Waals surface area contributed by atoms with Gasteiger partial charge in [-0.1, -0.05) is 20.3 Å². The van der Waals surface area contributed by atoms with E-state index in [0.717, 1.165) is 41.8 Å². The predicted octanol–water partition coefficient (Wildman–Crippen LogP) is 2.66. The van der Waals surface area contributed by atoms with Gasteiger partial charge in [-0.15, -0.1) is 0 Å². The van der Waals surface area contributed by atoms with Crippen LogP contribution in [0.4, 0.5) is 5.69 Å². The Hall–Kier alpha value is -1.51. The van der Waals surface area contributed by atoms with Gasteiger partial charge in [-0.05, 0) is 24.1 Å². The molecule has 0 saturated heterocycles. The van der Waals surface area contributed by atoms with Gasteiger partial charge in [0.25, 0.3) is 0 Å². The van der Waals surface area contributed by atoms with E-state index in [1.807, 2.05) is 12.1 Å². The van der Waals surface area contributed by atoms with Crippen molar-refractivity contribution in [2.24, 2.45) is 0 Å². The van der Waals surface area contributed by atoms with E-state index >= 15 is 0 Å². The molecule has 3 N–H and O–H groups in total. The Morgan fingerprint density at radius 3 is 2.80 bits per heavy atom. The molecule has 0 unspecified atom stereocenters. The highest BCUT2D eigenvalue weighted by atomic mass is 14.9. The van der Waals surface area contributed by atoms with Crippen molar-refractivity contribution < 1.29 is 0 Å². The van der Waals surface area contributed by atoms with Gasteiger partial charge >= 0.3 is 0 Å². The number of H-pyrrole nitrogens is 1. The molecule has 0 amide bonds. The number of aryl methyl sites for hydroxylation is 2. The number of nitrogens with zero attached hydrogens (tertiary/aromatic N) is 1. The molecule has 2 rings (SSSR count). The summed E-state index contributed by atoms with van der Waals surface area (Å²) in [6.07, 6.45) is 3.09. The summed E-state index contributed by atoms with van der Waals surface area (Å²) in [5.74, 6) is 1.04. The second-order valence-electron chi connectivity index (χ2n) is 3.86. The summed E-state index contributed by atoms with van der Waals surface area (Å²) in [7, 11) is 0. The van der Waals surface area contributed by atoms with Crippen LogP contribution in [0.3, 0.4) is 0 Å². The number of anilines is 1. The first-order valence-corrected chi connectivity index (χ1v) is 5.51. The molecule has 0 aliphatic carbocycles. The molecular weight excluding hydrogens is 186 g/mol. The molecule has 0 saturated carbocycles. The van der Waals surface area contributed by atoms with Crippen LogP contribution >= 0.6 is 0 Å². The quantitative estimate of drug-likeness (QED) is 0.753. The standard InChI is InChI=1S/C12H17N3/c1-3-5-8-6-9(13)7-10-12(8)15-11(4-2)14-10/h6-7H,3-5,13H2,1-2H3,(H,14,15). The average Bonchev–Trinajstić information content (AvgIpc) is 2.61. The predicted molar refractivity (Wildman–Crippen MR) is 63.9 cm³/mol. The normalized spacial score (nSPS) is 11.1. The molecular formula is C12H17N3. The van der Waals surface area contributed by atoms with Crippen LogP contribution in [0.2, 0.25) is 0 Å². The SMILES string of the molecule is CCCc1cc(N)cc2[nH]c(CC)nc12. The van der Waals surface area contributed by atoms with E-state index in [-0.39, 0.29) is 0 Å². The van der Waals surface area contributed by atoms with E-state index in [9.17, 15) is 0 Å². The van der Waals surface area contributed by atoms with Crippen LogP contribution in [-0.2, 0) is 12.8 Å². The van der Waals surface area contributed by atoms with Gasteiger partial charge in [-0.3, -0.25) is 0 Å². The second-order valence-corrected chi connectivity index (χ2v) is 3.86. The summed E-state index contributed by atoms with van der Waals surface area (Å²) in [4.78, 5) is 7.87. The van der Waals surface area contributed by atoms with Crippen LogP contribution in [0.15, 0.2) is 12.1 Å². The van der Waals surface area contributed by atoms with Crippen LogP contribution in [0, 0.1) is 0 Å². The van der Waals surface area contributed by atoms with E-state index in [1.54, 1.807) is 0 Å².